The van der Waals surface area contributed by atoms with Crippen molar-refractivity contribution in [3.63, 3.8) is 0 Å². The fraction of sp³-hybridized carbons (Fsp3) is 0.250. The Balaban J connectivity index is 2.17. The molecule has 104 valence electrons. The van der Waals surface area contributed by atoms with Crippen LogP contribution in [0.2, 0.25) is 0 Å². The van der Waals surface area contributed by atoms with Crippen LogP contribution in [-0.4, -0.2) is 17.4 Å². The minimum Gasteiger partial charge on any atom is -0.399 e. The predicted octanol–water partition coefficient (Wildman–Crippen LogP) is 2.86. The van der Waals surface area contributed by atoms with Crippen molar-refractivity contribution in [2.75, 3.05) is 12.3 Å². The summed E-state index contributed by atoms with van der Waals surface area (Å²) < 4.78 is 0. The van der Waals surface area contributed by atoms with Crippen LogP contribution in [-0.2, 0) is 0 Å². The second kappa shape index (κ2) is 6.70. The Labute approximate surface area is 119 Å². The molecule has 0 unspecified atom stereocenters. The molecule has 0 bridgehead atoms. The van der Waals surface area contributed by atoms with E-state index in [9.17, 15) is 4.79 Å². The molecular weight excluding hydrogens is 250 g/mol. The summed E-state index contributed by atoms with van der Waals surface area (Å²) in [7, 11) is 0. The second-order valence-corrected chi connectivity index (χ2v) is 4.66. The van der Waals surface area contributed by atoms with Crippen LogP contribution in [0, 0.1) is 0 Å². The van der Waals surface area contributed by atoms with Gasteiger partial charge in [0.05, 0.1) is 5.69 Å². The van der Waals surface area contributed by atoms with Gasteiger partial charge >= 0.3 is 0 Å². The summed E-state index contributed by atoms with van der Waals surface area (Å²) in [5.74, 6) is -0.0517. The van der Waals surface area contributed by atoms with E-state index in [1.165, 1.54) is 0 Å². The van der Waals surface area contributed by atoms with E-state index in [-0.39, 0.29) is 5.91 Å². The van der Waals surface area contributed by atoms with Gasteiger partial charge in [0, 0.05) is 29.6 Å². The zero-order chi connectivity index (χ0) is 14.4. The van der Waals surface area contributed by atoms with Gasteiger partial charge in [-0.25, -0.2) is 0 Å². The van der Waals surface area contributed by atoms with Gasteiger partial charge < -0.3 is 11.1 Å². The fourth-order valence-corrected chi connectivity index (χ4v) is 1.91. The third-order valence-corrected chi connectivity index (χ3v) is 3.02. The number of rotatable bonds is 5. The maximum atomic E-state index is 12.0. The van der Waals surface area contributed by atoms with Crippen LogP contribution in [0.25, 0.3) is 11.3 Å². The highest BCUT2D eigenvalue weighted by Gasteiger charge is 2.07. The summed E-state index contributed by atoms with van der Waals surface area (Å²) in [6, 6.07) is 11.0. The monoisotopic (exact) mass is 269 g/mol. The van der Waals surface area contributed by atoms with E-state index in [1.54, 1.807) is 24.4 Å². The van der Waals surface area contributed by atoms with E-state index in [0.717, 1.165) is 24.1 Å². The largest absolute Gasteiger partial charge is 0.399 e. The van der Waals surface area contributed by atoms with Gasteiger partial charge in [-0.1, -0.05) is 25.5 Å². The number of carbonyl (C=O) groups is 1. The lowest BCUT2D eigenvalue weighted by Gasteiger charge is -2.07. The molecule has 3 N–H and O–H groups in total. The molecule has 2 aromatic rings. The molecule has 0 aliphatic rings. The van der Waals surface area contributed by atoms with Crippen molar-refractivity contribution in [1.29, 1.82) is 0 Å². The number of aromatic nitrogens is 1. The highest BCUT2D eigenvalue weighted by molar-refractivity contribution is 5.95. The van der Waals surface area contributed by atoms with E-state index in [0.29, 0.717) is 17.8 Å². The maximum absolute atomic E-state index is 12.0. The smallest absolute Gasteiger partial charge is 0.251 e. The SMILES string of the molecule is CCCCNC(=O)c1cccc(-c2cc(N)ccn2)c1. The first-order valence-corrected chi connectivity index (χ1v) is 6.81. The summed E-state index contributed by atoms with van der Waals surface area (Å²) in [6.07, 6.45) is 3.72. The standard InChI is InChI=1S/C16H19N3O/c1-2-3-8-19-16(20)13-6-4-5-12(10-13)15-11-14(17)7-9-18-15/h4-7,9-11H,2-3,8H2,1H3,(H2,17,18)(H,19,20). The zero-order valence-electron chi connectivity index (χ0n) is 11.6. The molecular formula is C16H19N3O. The van der Waals surface area contributed by atoms with E-state index >= 15 is 0 Å². The van der Waals surface area contributed by atoms with Crippen molar-refractivity contribution in [2.24, 2.45) is 0 Å². The van der Waals surface area contributed by atoms with Crippen LogP contribution in [0.1, 0.15) is 30.1 Å². The fourth-order valence-electron chi connectivity index (χ4n) is 1.91. The first kappa shape index (κ1) is 14.1. The highest BCUT2D eigenvalue weighted by Crippen LogP contribution is 2.19. The number of unbranched alkanes of at least 4 members (excludes halogenated alkanes) is 1. The zero-order valence-corrected chi connectivity index (χ0v) is 11.6. The van der Waals surface area contributed by atoms with Crippen molar-refractivity contribution in [3.05, 3.63) is 48.2 Å². The number of carbonyl (C=O) groups excluding carboxylic acids is 1. The van der Waals surface area contributed by atoms with Crippen molar-refractivity contribution in [2.45, 2.75) is 19.8 Å². The maximum Gasteiger partial charge on any atom is 0.251 e. The average Bonchev–Trinajstić information content (AvgIpc) is 2.47. The highest BCUT2D eigenvalue weighted by atomic mass is 16.1. The number of nitrogens with two attached hydrogens (primary N) is 1. The number of amides is 1. The molecule has 1 amide bonds. The normalized spacial score (nSPS) is 10.2. The van der Waals surface area contributed by atoms with E-state index < -0.39 is 0 Å². The molecule has 2 rings (SSSR count). The van der Waals surface area contributed by atoms with Crippen molar-refractivity contribution < 1.29 is 4.79 Å². The lowest BCUT2D eigenvalue weighted by Crippen LogP contribution is -2.24. The molecule has 0 atom stereocenters. The van der Waals surface area contributed by atoms with Crippen LogP contribution in [0.3, 0.4) is 0 Å². The number of hydrogen-bond acceptors (Lipinski definition) is 3. The summed E-state index contributed by atoms with van der Waals surface area (Å²) in [5.41, 5.74) is 8.72. The van der Waals surface area contributed by atoms with Crippen molar-refractivity contribution in [1.82, 2.24) is 10.3 Å². The molecule has 0 saturated carbocycles. The minimum atomic E-state index is -0.0517. The number of anilines is 1. The number of nitrogens with one attached hydrogen (secondary N) is 1. The summed E-state index contributed by atoms with van der Waals surface area (Å²) >= 11 is 0. The molecule has 0 aliphatic heterocycles. The van der Waals surface area contributed by atoms with Gasteiger partial charge in [-0.3, -0.25) is 9.78 Å². The number of pyridine rings is 1. The quantitative estimate of drug-likeness (QED) is 0.820. The Morgan fingerprint density at radius 2 is 2.15 bits per heavy atom. The third kappa shape index (κ3) is 3.57. The Hall–Kier alpha value is -2.36. The van der Waals surface area contributed by atoms with Gasteiger partial charge in [0.25, 0.3) is 5.91 Å². The average molecular weight is 269 g/mol. The Morgan fingerprint density at radius 3 is 2.90 bits per heavy atom. The first-order valence-electron chi connectivity index (χ1n) is 6.81. The van der Waals surface area contributed by atoms with Crippen LogP contribution < -0.4 is 11.1 Å². The molecule has 1 aromatic carbocycles. The van der Waals surface area contributed by atoms with Gasteiger partial charge in [-0.2, -0.15) is 0 Å². The minimum absolute atomic E-state index is 0.0517. The molecule has 4 heteroatoms. The molecule has 0 radical (unpaired) electrons. The number of nitrogens with zero attached hydrogens (tertiary/aromatic N) is 1. The van der Waals surface area contributed by atoms with Gasteiger partial charge in [-0.15, -0.1) is 0 Å². The van der Waals surface area contributed by atoms with Gasteiger partial charge in [-0.05, 0) is 30.7 Å². The molecule has 4 nitrogen and oxygen atoms in total. The Bertz CT molecular complexity index is 596. The molecule has 1 heterocycles. The van der Waals surface area contributed by atoms with E-state index in [1.807, 2.05) is 18.2 Å². The van der Waals surface area contributed by atoms with Crippen LogP contribution in [0.5, 0.6) is 0 Å². The molecule has 0 saturated heterocycles. The number of benzene rings is 1. The number of hydrogen-bond donors (Lipinski definition) is 2. The number of nitrogen functional groups attached to an aromatic ring is 1. The van der Waals surface area contributed by atoms with E-state index in [4.69, 9.17) is 5.73 Å². The second-order valence-electron chi connectivity index (χ2n) is 4.66. The lowest BCUT2D eigenvalue weighted by molar-refractivity contribution is 0.0953. The van der Waals surface area contributed by atoms with Crippen LogP contribution >= 0.6 is 0 Å². The summed E-state index contributed by atoms with van der Waals surface area (Å²) in [6.45, 7) is 2.80. The predicted molar refractivity (Wildman–Crippen MR) is 81.3 cm³/mol. The molecule has 0 aliphatic carbocycles. The van der Waals surface area contributed by atoms with Crippen LogP contribution in [0.15, 0.2) is 42.6 Å². The summed E-state index contributed by atoms with van der Waals surface area (Å²) in [4.78, 5) is 16.3. The van der Waals surface area contributed by atoms with Crippen molar-refractivity contribution in [3.8, 4) is 11.3 Å². The topological polar surface area (TPSA) is 68.0 Å². The Morgan fingerprint density at radius 1 is 1.30 bits per heavy atom. The summed E-state index contributed by atoms with van der Waals surface area (Å²) in [5, 5.41) is 2.91. The van der Waals surface area contributed by atoms with Crippen LogP contribution in [0.4, 0.5) is 5.69 Å². The van der Waals surface area contributed by atoms with E-state index in [2.05, 4.69) is 17.2 Å². The van der Waals surface area contributed by atoms with Gasteiger partial charge in [0.15, 0.2) is 0 Å². The first-order chi connectivity index (χ1) is 9.70. The Kier molecular flexibility index (Phi) is 4.71. The third-order valence-electron chi connectivity index (χ3n) is 3.02. The van der Waals surface area contributed by atoms with Crippen molar-refractivity contribution >= 4 is 11.6 Å². The molecule has 0 fully saturated rings. The molecule has 0 spiro atoms. The van der Waals surface area contributed by atoms with Gasteiger partial charge in [0.2, 0.25) is 0 Å². The van der Waals surface area contributed by atoms with Gasteiger partial charge in [0.1, 0.15) is 0 Å². The molecule has 20 heavy (non-hydrogen) atoms. The molecule has 1 aromatic heterocycles. The lowest BCUT2D eigenvalue weighted by atomic mass is 10.1.